The first-order valence-electron chi connectivity index (χ1n) is 6.82. The molecule has 1 aromatic carbocycles. The molecule has 23 heavy (non-hydrogen) atoms. The summed E-state index contributed by atoms with van der Waals surface area (Å²) in [6.07, 6.45) is 3.09. The fraction of sp³-hybridized carbons (Fsp3) is 0.200. The third-order valence-electron chi connectivity index (χ3n) is 2.90. The Labute approximate surface area is 139 Å². The van der Waals surface area contributed by atoms with Crippen LogP contribution in [-0.2, 0) is 14.8 Å². The summed E-state index contributed by atoms with van der Waals surface area (Å²) in [4.78, 5) is 17.2. The molecule has 0 fully saturated rings. The minimum Gasteiger partial charge on any atom is -0.301 e. The number of sulfonamides is 1. The predicted octanol–water partition coefficient (Wildman–Crippen LogP) is 2.27. The maximum atomic E-state index is 12.6. The summed E-state index contributed by atoms with van der Waals surface area (Å²) >= 11 is 1.33. The van der Waals surface area contributed by atoms with E-state index in [4.69, 9.17) is 0 Å². The SMILES string of the molecule is C=CCN(CC(=O)Nc1ncc(C)s1)S(=O)(=O)c1ccccc1. The molecule has 1 heterocycles. The number of rotatable bonds is 7. The van der Waals surface area contributed by atoms with E-state index in [9.17, 15) is 13.2 Å². The summed E-state index contributed by atoms with van der Waals surface area (Å²) in [5, 5.41) is 3.05. The van der Waals surface area contributed by atoms with Crippen molar-refractivity contribution in [3.63, 3.8) is 0 Å². The van der Waals surface area contributed by atoms with Gasteiger partial charge in [0.15, 0.2) is 5.13 Å². The number of anilines is 1. The lowest BCUT2D eigenvalue weighted by Gasteiger charge is -2.19. The average molecular weight is 351 g/mol. The summed E-state index contributed by atoms with van der Waals surface area (Å²) in [6.45, 7) is 5.17. The molecule has 2 aromatic rings. The fourth-order valence-electron chi connectivity index (χ4n) is 1.86. The molecule has 0 saturated carbocycles. The van der Waals surface area contributed by atoms with Crippen molar-refractivity contribution in [1.29, 1.82) is 0 Å². The highest BCUT2D eigenvalue weighted by atomic mass is 32.2. The number of nitrogens with one attached hydrogen (secondary N) is 1. The van der Waals surface area contributed by atoms with Crippen LogP contribution in [0.25, 0.3) is 0 Å². The van der Waals surface area contributed by atoms with Gasteiger partial charge in [0, 0.05) is 17.6 Å². The van der Waals surface area contributed by atoms with Crippen LogP contribution in [0, 0.1) is 6.92 Å². The number of nitrogens with zero attached hydrogens (tertiary/aromatic N) is 2. The van der Waals surface area contributed by atoms with Gasteiger partial charge in [-0.1, -0.05) is 24.3 Å². The van der Waals surface area contributed by atoms with Gasteiger partial charge in [-0.3, -0.25) is 4.79 Å². The smallest absolute Gasteiger partial charge is 0.243 e. The van der Waals surface area contributed by atoms with Gasteiger partial charge in [-0.05, 0) is 19.1 Å². The van der Waals surface area contributed by atoms with Crippen LogP contribution in [0.2, 0.25) is 0 Å². The molecule has 0 atom stereocenters. The molecule has 0 bridgehead atoms. The molecule has 0 aliphatic rings. The largest absolute Gasteiger partial charge is 0.301 e. The molecule has 1 N–H and O–H groups in total. The second kappa shape index (κ2) is 7.49. The van der Waals surface area contributed by atoms with E-state index < -0.39 is 15.9 Å². The summed E-state index contributed by atoms with van der Waals surface area (Å²) in [7, 11) is -3.76. The van der Waals surface area contributed by atoms with Gasteiger partial charge < -0.3 is 5.32 Å². The molecule has 0 aliphatic heterocycles. The van der Waals surface area contributed by atoms with Crippen LogP contribution in [0.1, 0.15) is 4.88 Å². The second-order valence-corrected chi connectivity index (χ2v) is 7.90. The molecule has 0 unspecified atom stereocenters. The summed E-state index contributed by atoms with van der Waals surface area (Å²) in [5.74, 6) is -0.444. The molecular weight excluding hydrogens is 334 g/mol. The second-order valence-electron chi connectivity index (χ2n) is 4.72. The van der Waals surface area contributed by atoms with Gasteiger partial charge in [-0.25, -0.2) is 13.4 Å². The molecule has 122 valence electrons. The highest BCUT2D eigenvalue weighted by molar-refractivity contribution is 7.89. The number of carbonyl (C=O) groups excluding carboxylic acids is 1. The first-order valence-corrected chi connectivity index (χ1v) is 9.07. The lowest BCUT2D eigenvalue weighted by molar-refractivity contribution is -0.116. The van der Waals surface area contributed by atoms with Crippen LogP contribution in [0.4, 0.5) is 5.13 Å². The van der Waals surface area contributed by atoms with Crippen molar-refractivity contribution < 1.29 is 13.2 Å². The molecule has 0 saturated heterocycles. The quantitative estimate of drug-likeness (QED) is 0.776. The zero-order valence-electron chi connectivity index (χ0n) is 12.6. The van der Waals surface area contributed by atoms with E-state index in [2.05, 4.69) is 16.9 Å². The average Bonchev–Trinajstić information content (AvgIpc) is 2.92. The van der Waals surface area contributed by atoms with Gasteiger partial charge in [0.1, 0.15) is 0 Å². The Morgan fingerprint density at radius 1 is 1.39 bits per heavy atom. The molecule has 0 radical (unpaired) electrons. The summed E-state index contributed by atoms with van der Waals surface area (Å²) in [6, 6.07) is 7.99. The van der Waals surface area contributed by atoms with Crippen LogP contribution in [-0.4, -0.2) is 36.7 Å². The van der Waals surface area contributed by atoms with Crippen molar-refractivity contribution in [3.8, 4) is 0 Å². The Morgan fingerprint density at radius 3 is 2.65 bits per heavy atom. The van der Waals surface area contributed by atoms with Crippen molar-refractivity contribution >= 4 is 32.4 Å². The van der Waals surface area contributed by atoms with Gasteiger partial charge in [0.2, 0.25) is 15.9 Å². The van der Waals surface area contributed by atoms with Crippen LogP contribution < -0.4 is 5.32 Å². The number of carbonyl (C=O) groups is 1. The van der Waals surface area contributed by atoms with E-state index in [1.54, 1.807) is 24.4 Å². The molecule has 2 rings (SSSR count). The van der Waals surface area contributed by atoms with Crippen molar-refractivity contribution in [2.24, 2.45) is 0 Å². The zero-order valence-corrected chi connectivity index (χ0v) is 14.2. The van der Waals surface area contributed by atoms with Gasteiger partial charge in [0.05, 0.1) is 11.4 Å². The number of amides is 1. The molecule has 0 aliphatic carbocycles. The highest BCUT2D eigenvalue weighted by Crippen LogP contribution is 2.18. The minimum absolute atomic E-state index is 0.0432. The lowest BCUT2D eigenvalue weighted by atomic mass is 10.4. The number of hydrogen-bond donors (Lipinski definition) is 1. The Balaban J connectivity index is 2.15. The van der Waals surface area contributed by atoms with E-state index in [0.29, 0.717) is 5.13 Å². The monoisotopic (exact) mass is 351 g/mol. The summed E-state index contributed by atoms with van der Waals surface area (Å²) < 4.78 is 26.3. The Morgan fingerprint density at radius 2 is 2.09 bits per heavy atom. The number of thiazole rings is 1. The van der Waals surface area contributed by atoms with E-state index in [1.807, 2.05) is 6.92 Å². The molecule has 6 nitrogen and oxygen atoms in total. The van der Waals surface area contributed by atoms with Crippen molar-refractivity contribution in [2.75, 3.05) is 18.4 Å². The van der Waals surface area contributed by atoms with Crippen molar-refractivity contribution in [3.05, 3.63) is 54.1 Å². The number of benzene rings is 1. The van der Waals surface area contributed by atoms with Crippen LogP contribution >= 0.6 is 11.3 Å². The number of aromatic nitrogens is 1. The Bertz CT molecular complexity index is 785. The van der Waals surface area contributed by atoms with Gasteiger partial charge in [-0.15, -0.1) is 17.9 Å². The first-order chi connectivity index (χ1) is 10.9. The van der Waals surface area contributed by atoms with Gasteiger partial charge in [-0.2, -0.15) is 4.31 Å². The predicted molar refractivity (Wildman–Crippen MR) is 90.9 cm³/mol. The normalized spacial score (nSPS) is 11.4. The standard InChI is InChI=1S/C15H17N3O3S2/c1-3-9-18(23(20,21)13-7-5-4-6-8-13)11-14(19)17-15-16-10-12(2)22-15/h3-8,10H,1,9,11H2,2H3,(H,16,17,19). The maximum absolute atomic E-state index is 12.6. The third kappa shape index (κ3) is 4.47. The molecule has 0 spiro atoms. The van der Waals surface area contributed by atoms with Crippen molar-refractivity contribution in [1.82, 2.24) is 9.29 Å². The lowest BCUT2D eigenvalue weighted by Crippen LogP contribution is -2.38. The maximum Gasteiger partial charge on any atom is 0.243 e. The van der Waals surface area contributed by atoms with E-state index >= 15 is 0 Å². The van der Waals surface area contributed by atoms with Gasteiger partial charge >= 0.3 is 0 Å². The first kappa shape index (κ1) is 17.3. The fourth-order valence-corrected chi connectivity index (χ4v) is 3.93. The van der Waals surface area contributed by atoms with Crippen molar-refractivity contribution in [2.45, 2.75) is 11.8 Å². The van der Waals surface area contributed by atoms with Crippen LogP contribution in [0.3, 0.4) is 0 Å². The molecule has 1 aromatic heterocycles. The van der Waals surface area contributed by atoms with Crippen LogP contribution in [0.5, 0.6) is 0 Å². The van der Waals surface area contributed by atoms with E-state index in [1.165, 1.54) is 29.5 Å². The molecule has 1 amide bonds. The molecular formula is C15H17N3O3S2. The summed E-state index contributed by atoms with van der Waals surface area (Å²) in [5.41, 5.74) is 0. The topological polar surface area (TPSA) is 79.4 Å². The van der Waals surface area contributed by atoms with E-state index in [-0.39, 0.29) is 18.0 Å². The Hall–Kier alpha value is -2.03. The third-order valence-corrected chi connectivity index (χ3v) is 5.56. The highest BCUT2D eigenvalue weighted by Gasteiger charge is 2.25. The Kier molecular flexibility index (Phi) is 5.64. The molecule has 8 heteroatoms. The zero-order chi connectivity index (χ0) is 16.9. The number of aryl methyl sites for hydroxylation is 1. The van der Waals surface area contributed by atoms with Gasteiger partial charge in [0.25, 0.3) is 0 Å². The van der Waals surface area contributed by atoms with Crippen LogP contribution in [0.15, 0.2) is 54.1 Å². The number of hydrogen-bond acceptors (Lipinski definition) is 5. The van der Waals surface area contributed by atoms with E-state index in [0.717, 1.165) is 9.18 Å². The minimum atomic E-state index is -3.76.